The Morgan fingerprint density at radius 3 is 2.67 bits per heavy atom. The molecule has 0 unspecified atom stereocenters. The predicted molar refractivity (Wildman–Crippen MR) is 88.8 cm³/mol. The van der Waals surface area contributed by atoms with E-state index in [0.29, 0.717) is 21.9 Å². The van der Waals surface area contributed by atoms with E-state index in [1.54, 1.807) is 16.8 Å². The summed E-state index contributed by atoms with van der Waals surface area (Å²) < 4.78 is 7.13. The lowest BCUT2D eigenvalue weighted by Gasteiger charge is -2.05. The van der Waals surface area contributed by atoms with Crippen LogP contribution in [0.3, 0.4) is 0 Å². The van der Waals surface area contributed by atoms with Crippen molar-refractivity contribution in [2.24, 2.45) is 0 Å². The summed E-state index contributed by atoms with van der Waals surface area (Å²) in [5.41, 5.74) is 0.866. The minimum atomic E-state index is -0.334. The smallest absolute Gasteiger partial charge is 0.304 e. The van der Waals surface area contributed by atoms with Crippen molar-refractivity contribution in [1.82, 2.24) is 24.7 Å². The van der Waals surface area contributed by atoms with Gasteiger partial charge in [0.25, 0.3) is 5.56 Å². The standard InChI is InChI=1S/C16H10ClN5O2/c17-13-7-6-11(8-18-13)24-16-20-14-12(15(23)21-16)9-19-22(14)10-4-2-1-3-5-10/h1-9H,(H,20,21,23). The molecule has 0 spiro atoms. The van der Waals surface area contributed by atoms with Crippen molar-refractivity contribution >= 4 is 22.6 Å². The first kappa shape index (κ1) is 14.4. The third kappa shape index (κ3) is 2.61. The molecule has 0 amide bonds. The molecule has 0 saturated carbocycles. The molecule has 0 radical (unpaired) electrons. The maximum atomic E-state index is 12.2. The van der Waals surface area contributed by atoms with Gasteiger partial charge in [0, 0.05) is 0 Å². The SMILES string of the molecule is O=c1[nH]c(Oc2ccc(Cl)nc2)nc2c1cnn2-c1ccccc1. The Bertz CT molecular complexity index is 1060. The molecule has 0 fully saturated rings. The van der Waals surface area contributed by atoms with Crippen LogP contribution in [0.25, 0.3) is 16.7 Å². The van der Waals surface area contributed by atoms with Gasteiger partial charge in [-0.2, -0.15) is 10.1 Å². The number of pyridine rings is 1. The lowest BCUT2D eigenvalue weighted by Crippen LogP contribution is -2.10. The summed E-state index contributed by atoms with van der Waals surface area (Å²) >= 11 is 5.74. The van der Waals surface area contributed by atoms with Gasteiger partial charge in [0.1, 0.15) is 16.3 Å². The number of halogens is 1. The van der Waals surface area contributed by atoms with Crippen molar-refractivity contribution in [3.8, 4) is 17.4 Å². The van der Waals surface area contributed by atoms with Crippen LogP contribution in [0.5, 0.6) is 11.8 Å². The summed E-state index contributed by atoms with van der Waals surface area (Å²) in [6.45, 7) is 0. The number of H-pyrrole nitrogens is 1. The van der Waals surface area contributed by atoms with E-state index >= 15 is 0 Å². The van der Waals surface area contributed by atoms with Crippen LogP contribution >= 0.6 is 11.6 Å². The summed E-state index contributed by atoms with van der Waals surface area (Å²) in [4.78, 5) is 23.1. The van der Waals surface area contributed by atoms with Gasteiger partial charge in [-0.3, -0.25) is 9.78 Å². The van der Waals surface area contributed by atoms with Crippen molar-refractivity contribution < 1.29 is 4.74 Å². The van der Waals surface area contributed by atoms with E-state index in [1.807, 2.05) is 30.3 Å². The zero-order valence-corrected chi connectivity index (χ0v) is 12.9. The minimum Gasteiger partial charge on any atom is -0.424 e. The van der Waals surface area contributed by atoms with E-state index in [2.05, 4.69) is 20.1 Å². The minimum absolute atomic E-state index is 0.0503. The Morgan fingerprint density at radius 2 is 1.92 bits per heavy atom. The molecular formula is C16H10ClN5O2. The van der Waals surface area contributed by atoms with E-state index in [9.17, 15) is 4.79 Å². The van der Waals surface area contributed by atoms with E-state index < -0.39 is 0 Å². The van der Waals surface area contributed by atoms with Crippen molar-refractivity contribution in [2.45, 2.75) is 0 Å². The Hall–Kier alpha value is -3.19. The van der Waals surface area contributed by atoms with Crippen LogP contribution in [-0.2, 0) is 0 Å². The topological polar surface area (TPSA) is 85.7 Å². The van der Waals surface area contributed by atoms with Gasteiger partial charge in [-0.05, 0) is 24.3 Å². The van der Waals surface area contributed by atoms with Crippen LogP contribution in [-0.4, -0.2) is 24.7 Å². The predicted octanol–water partition coefficient (Wildman–Crippen LogP) is 2.95. The van der Waals surface area contributed by atoms with Crippen molar-refractivity contribution in [2.75, 3.05) is 0 Å². The summed E-state index contributed by atoms with van der Waals surface area (Å²) in [5.74, 6) is 0.410. The number of aromatic amines is 1. The summed E-state index contributed by atoms with van der Waals surface area (Å²) in [6.07, 6.45) is 2.92. The van der Waals surface area contributed by atoms with E-state index in [1.165, 1.54) is 12.4 Å². The second kappa shape index (κ2) is 5.78. The van der Waals surface area contributed by atoms with Gasteiger partial charge < -0.3 is 4.74 Å². The zero-order chi connectivity index (χ0) is 16.5. The van der Waals surface area contributed by atoms with Crippen molar-refractivity contribution in [1.29, 1.82) is 0 Å². The maximum Gasteiger partial charge on any atom is 0.304 e. The van der Waals surface area contributed by atoms with Crippen LogP contribution < -0.4 is 10.3 Å². The fourth-order valence-corrected chi connectivity index (χ4v) is 2.35. The molecule has 3 heterocycles. The number of nitrogens with zero attached hydrogens (tertiary/aromatic N) is 4. The van der Waals surface area contributed by atoms with Gasteiger partial charge in [-0.25, -0.2) is 9.67 Å². The van der Waals surface area contributed by atoms with E-state index in [0.717, 1.165) is 5.69 Å². The lowest BCUT2D eigenvalue weighted by molar-refractivity contribution is 0.440. The molecule has 4 aromatic rings. The Morgan fingerprint density at radius 1 is 1.08 bits per heavy atom. The second-order valence-electron chi connectivity index (χ2n) is 4.92. The number of ether oxygens (including phenoxy) is 1. The molecule has 1 aromatic carbocycles. The largest absolute Gasteiger partial charge is 0.424 e. The molecule has 7 nitrogen and oxygen atoms in total. The lowest BCUT2D eigenvalue weighted by atomic mass is 10.3. The molecule has 1 N–H and O–H groups in total. The Kier molecular flexibility index (Phi) is 3.47. The third-order valence-electron chi connectivity index (χ3n) is 3.33. The van der Waals surface area contributed by atoms with Gasteiger partial charge >= 0.3 is 6.01 Å². The fraction of sp³-hybridized carbons (Fsp3) is 0. The monoisotopic (exact) mass is 339 g/mol. The van der Waals surface area contributed by atoms with Crippen LogP contribution in [0.15, 0.2) is 59.7 Å². The van der Waals surface area contributed by atoms with Crippen LogP contribution in [0, 0.1) is 0 Å². The number of rotatable bonds is 3. The molecular weight excluding hydrogens is 330 g/mol. The number of nitrogens with one attached hydrogen (secondary N) is 1. The average molecular weight is 340 g/mol. The Labute approximate surface area is 140 Å². The summed E-state index contributed by atoms with van der Waals surface area (Å²) in [6, 6.07) is 12.7. The van der Waals surface area contributed by atoms with Crippen LogP contribution in [0.4, 0.5) is 0 Å². The first-order chi connectivity index (χ1) is 11.7. The van der Waals surface area contributed by atoms with Crippen LogP contribution in [0.2, 0.25) is 5.15 Å². The molecule has 118 valence electrons. The van der Waals surface area contributed by atoms with Crippen molar-refractivity contribution in [3.63, 3.8) is 0 Å². The normalized spacial score (nSPS) is 10.9. The summed E-state index contributed by atoms with van der Waals surface area (Å²) in [7, 11) is 0. The maximum absolute atomic E-state index is 12.2. The van der Waals surface area contributed by atoms with Gasteiger partial charge in [0.05, 0.1) is 18.1 Å². The number of hydrogen-bond donors (Lipinski definition) is 1. The molecule has 0 aliphatic heterocycles. The second-order valence-corrected chi connectivity index (χ2v) is 5.31. The molecule has 8 heteroatoms. The number of fused-ring (bicyclic) bond motifs is 1. The molecule has 0 atom stereocenters. The fourth-order valence-electron chi connectivity index (χ4n) is 2.24. The number of hydrogen-bond acceptors (Lipinski definition) is 5. The number of para-hydroxylation sites is 1. The highest BCUT2D eigenvalue weighted by Gasteiger charge is 2.12. The third-order valence-corrected chi connectivity index (χ3v) is 3.56. The van der Waals surface area contributed by atoms with Gasteiger partial charge in [-0.1, -0.05) is 29.8 Å². The highest BCUT2D eigenvalue weighted by atomic mass is 35.5. The average Bonchev–Trinajstić information content (AvgIpc) is 3.02. The Balaban J connectivity index is 1.81. The molecule has 3 aromatic heterocycles. The van der Waals surface area contributed by atoms with Crippen molar-refractivity contribution in [3.05, 3.63) is 70.4 Å². The van der Waals surface area contributed by atoms with Gasteiger partial charge in [0.2, 0.25) is 0 Å². The highest BCUT2D eigenvalue weighted by molar-refractivity contribution is 6.29. The molecule has 0 saturated heterocycles. The quantitative estimate of drug-likeness (QED) is 0.580. The number of aromatic nitrogens is 5. The molecule has 0 bridgehead atoms. The van der Waals surface area contributed by atoms with Gasteiger partial charge in [-0.15, -0.1) is 0 Å². The number of benzene rings is 1. The first-order valence-electron chi connectivity index (χ1n) is 7.03. The molecule has 4 rings (SSSR count). The molecule has 0 aliphatic rings. The summed E-state index contributed by atoms with van der Waals surface area (Å²) in [5, 5.41) is 4.96. The molecule has 0 aliphatic carbocycles. The van der Waals surface area contributed by atoms with Gasteiger partial charge in [0.15, 0.2) is 5.65 Å². The highest BCUT2D eigenvalue weighted by Crippen LogP contribution is 2.20. The van der Waals surface area contributed by atoms with Crippen LogP contribution in [0.1, 0.15) is 0 Å². The molecule has 24 heavy (non-hydrogen) atoms. The van der Waals surface area contributed by atoms with E-state index in [-0.39, 0.29) is 11.6 Å². The zero-order valence-electron chi connectivity index (χ0n) is 12.2. The van der Waals surface area contributed by atoms with E-state index in [4.69, 9.17) is 16.3 Å². The first-order valence-corrected chi connectivity index (χ1v) is 7.41.